The Labute approximate surface area is 376 Å². The molecule has 16 nitrogen and oxygen atoms in total. The molecule has 0 atom stereocenters. The van der Waals surface area contributed by atoms with Crippen molar-refractivity contribution in [3.63, 3.8) is 0 Å². The number of urea groups is 4. The highest BCUT2D eigenvalue weighted by atomic mass is 16.2. The molecule has 4 N–H and O–H groups in total. The van der Waals surface area contributed by atoms with Crippen LogP contribution in [0.2, 0.25) is 0 Å². The summed E-state index contributed by atoms with van der Waals surface area (Å²) in [6, 6.07) is 28.6. The topological polar surface area (TPSA) is 179 Å². The maximum absolute atomic E-state index is 13.1. The first-order chi connectivity index (χ1) is 30.9. The number of amidine groups is 4. The van der Waals surface area contributed by atoms with Gasteiger partial charge in [-0.15, -0.1) is 20.4 Å². The quantitative estimate of drug-likeness (QED) is 0.111. The third kappa shape index (κ3) is 12.4. The maximum atomic E-state index is 13.1. The van der Waals surface area contributed by atoms with Crippen LogP contribution in [0.3, 0.4) is 0 Å². The molecule has 4 aromatic carbocycles. The van der Waals surface area contributed by atoms with Gasteiger partial charge in [-0.25, -0.2) is 19.2 Å². The van der Waals surface area contributed by atoms with Gasteiger partial charge in [-0.2, -0.15) is 20.0 Å². The van der Waals surface area contributed by atoms with E-state index in [0.717, 1.165) is 47.9 Å². The number of para-hydroxylation sites is 4. The first-order valence-electron chi connectivity index (χ1n) is 21.9. The van der Waals surface area contributed by atoms with Crippen molar-refractivity contribution >= 4 is 70.2 Å². The van der Waals surface area contributed by atoms with Crippen LogP contribution in [0.25, 0.3) is 0 Å². The van der Waals surface area contributed by atoms with E-state index in [1.165, 1.54) is 20.0 Å². The molecular formula is C48H60N12O4. The van der Waals surface area contributed by atoms with E-state index in [2.05, 4.69) is 41.7 Å². The lowest BCUT2D eigenvalue weighted by molar-refractivity contribution is 0.222. The van der Waals surface area contributed by atoms with Gasteiger partial charge in [-0.3, -0.25) is 0 Å². The summed E-state index contributed by atoms with van der Waals surface area (Å²) >= 11 is 0. The normalized spacial score (nSPS) is 13.4. The molecule has 0 radical (unpaired) electrons. The van der Waals surface area contributed by atoms with Gasteiger partial charge in [0.25, 0.3) is 0 Å². The number of carbonyl (C=O) groups is 4. The third-order valence-electron chi connectivity index (χ3n) is 10.1. The van der Waals surface area contributed by atoms with E-state index < -0.39 is 24.1 Å². The van der Waals surface area contributed by atoms with Crippen molar-refractivity contribution < 1.29 is 19.2 Å². The van der Waals surface area contributed by atoms with E-state index in [-0.39, 0.29) is 0 Å². The standard InChI is InChI=1S/2C24H30N6O2/c2*1-5-11-21-27-30(24(32)26-20-16-10-8-14-18(20)4)22(12-6-2)28-29(21)23(31)25-19-15-9-7-13-17(19)3/h2*7-10,13-16H,5-6,11-12H2,1-4H3,(H,25,31)(H,26,32). The first-order valence-corrected chi connectivity index (χ1v) is 21.9. The largest absolute Gasteiger partial charge is 0.348 e. The Bertz CT molecular complexity index is 2090. The molecular weight excluding hydrogens is 809 g/mol. The summed E-state index contributed by atoms with van der Waals surface area (Å²) in [5, 5.41) is 34.9. The molecule has 2 aliphatic rings. The summed E-state index contributed by atoms with van der Waals surface area (Å²) in [7, 11) is 0. The summed E-state index contributed by atoms with van der Waals surface area (Å²) in [5.41, 5.74) is 6.63. The van der Waals surface area contributed by atoms with Crippen LogP contribution in [-0.2, 0) is 0 Å². The van der Waals surface area contributed by atoms with Crippen LogP contribution in [0.5, 0.6) is 0 Å². The molecule has 0 bridgehead atoms. The van der Waals surface area contributed by atoms with Gasteiger partial charge in [0.2, 0.25) is 0 Å². The van der Waals surface area contributed by atoms with Crippen molar-refractivity contribution in [2.75, 3.05) is 21.3 Å². The molecule has 0 spiro atoms. The zero-order valence-corrected chi connectivity index (χ0v) is 38.1. The maximum Gasteiger partial charge on any atom is 0.348 e. The van der Waals surface area contributed by atoms with Crippen molar-refractivity contribution in [1.29, 1.82) is 0 Å². The minimum absolute atomic E-state index is 0.404. The number of nitrogens with one attached hydrogen (secondary N) is 4. The molecule has 64 heavy (non-hydrogen) atoms. The smallest absolute Gasteiger partial charge is 0.306 e. The third-order valence-corrected chi connectivity index (χ3v) is 10.1. The fourth-order valence-electron chi connectivity index (χ4n) is 6.56. The summed E-state index contributed by atoms with van der Waals surface area (Å²) in [4.78, 5) is 52.3. The number of aryl methyl sites for hydroxylation is 4. The van der Waals surface area contributed by atoms with Gasteiger partial charge in [0.1, 0.15) is 0 Å². The van der Waals surface area contributed by atoms with Gasteiger partial charge < -0.3 is 21.3 Å². The van der Waals surface area contributed by atoms with Crippen molar-refractivity contribution in [2.24, 2.45) is 20.4 Å². The number of amides is 8. The number of hydrazone groups is 4. The molecule has 0 aromatic heterocycles. The van der Waals surface area contributed by atoms with Crippen LogP contribution in [-0.4, -0.2) is 67.5 Å². The van der Waals surface area contributed by atoms with E-state index >= 15 is 0 Å². The minimum Gasteiger partial charge on any atom is -0.306 e. The summed E-state index contributed by atoms with van der Waals surface area (Å²) in [5.74, 6) is 1.66. The van der Waals surface area contributed by atoms with Gasteiger partial charge >= 0.3 is 24.1 Å². The summed E-state index contributed by atoms with van der Waals surface area (Å²) < 4.78 is 0. The Morgan fingerprint density at radius 1 is 0.359 bits per heavy atom. The molecule has 2 heterocycles. The Morgan fingerprint density at radius 3 is 0.719 bits per heavy atom. The van der Waals surface area contributed by atoms with E-state index in [0.29, 0.717) is 71.8 Å². The minimum atomic E-state index is -0.404. The molecule has 8 amide bonds. The van der Waals surface area contributed by atoms with Gasteiger partial charge in [-0.05, 0) is 99.9 Å². The second kappa shape index (κ2) is 23.2. The van der Waals surface area contributed by atoms with E-state index in [4.69, 9.17) is 0 Å². The van der Waals surface area contributed by atoms with E-state index in [1.54, 1.807) is 0 Å². The molecule has 0 aliphatic carbocycles. The predicted octanol–water partition coefficient (Wildman–Crippen LogP) is 11.8. The first kappa shape index (κ1) is 47.7. The van der Waals surface area contributed by atoms with Gasteiger partial charge in [-0.1, -0.05) is 100 Å². The van der Waals surface area contributed by atoms with Crippen LogP contribution >= 0.6 is 0 Å². The molecule has 0 saturated heterocycles. The number of carbonyl (C=O) groups excluding carboxylic acids is 4. The van der Waals surface area contributed by atoms with Crippen LogP contribution in [0, 0.1) is 27.7 Å². The number of benzene rings is 4. The zero-order chi connectivity index (χ0) is 46.2. The van der Waals surface area contributed by atoms with Gasteiger partial charge in [0.05, 0.1) is 0 Å². The highest BCUT2D eigenvalue weighted by Gasteiger charge is 2.32. The molecule has 2 aliphatic heterocycles. The average molecular weight is 869 g/mol. The van der Waals surface area contributed by atoms with Crippen LogP contribution in [0.15, 0.2) is 117 Å². The number of hydrogen-bond donors (Lipinski definition) is 4. The van der Waals surface area contributed by atoms with Gasteiger partial charge in [0, 0.05) is 48.4 Å². The molecule has 0 fully saturated rings. The fraction of sp³-hybridized carbons (Fsp3) is 0.333. The Balaban J connectivity index is 0.000000241. The lowest BCUT2D eigenvalue weighted by Crippen LogP contribution is -2.47. The molecule has 0 unspecified atom stereocenters. The van der Waals surface area contributed by atoms with Crippen LogP contribution < -0.4 is 21.3 Å². The molecule has 0 saturated carbocycles. The van der Waals surface area contributed by atoms with Crippen LogP contribution in [0.4, 0.5) is 41.9 Å². The van der Waals surface area contributed by atoms with Crippen LogP contribution in [0.1, 0.15) is 101 Å². The van der Waals surface area contributed by atoms with Gasteiger partial charge in [0.15, 0.2) is 23.3 Å². The molecule has 16 heteroatoms. The van der Waals surface area contributed by atoms with Crippen molar-refractivity contribution in [3.8, 4) is 0 Å². The van der Waals surface area contributed by atoms with E-state index in [1.807, 2.05) is 152 Å². The Morgan fingerprint density at radius 2 is 0.547 bits per heavy atom. The molecule has 4 aromatic rings. The van der Waals surface area contributed by atoms with Crippen molar-refractivity contribution in [3.05, 3.63) is 119 Å². The molecule has 336 valence electrons. The van der Waals surface area contributed by atoms with Crippen molar-refractivity contribution in [2.45, 2.75) is 107 Å². The summed E-state index contributed by atoms with van der Waals surface area (Å²) in [6.45, 7) is 15.7. The fourth-order valence-corrected chi connectivity index (χ4v) is 6.56. The average Bonchev–Trinajstić information content (AvgIpc) is 3.28. The van der Waals surface area contributed by atoms with Crippen molar-refractivity contribution in [1.82, 2.24) is 20.0 Å². The number of rotatable bonds is 12. The predicted molar refractivity (Wildman–Crippen MR) is 258 cm³/mol. The number of anilines is 4. The SMILES string of the molecule is CCCC1=NN(C(=O)Nc2ccccc2C)C(CCC)=NN1C(=O)Nc1ccccc1C.CCCC1=NN(C(=O)Nc2ccccc2C)C(CCC)=NN1C(=O)Nc1ccccc1C. The molecule has 6 rings (SSSR count). The lowest BCUT2D eigenvalue weighted by atomic mass is 10.2. The highest BCUT2D eigenvalue weighted by Crippen LogP contribution is 2.23. The number of hydrogen-bond acceptors (Lipinski definition) is 8. The second-order valence-electron chi connectivity index (χ2n) is 15.3. The lowest BCUT2D eigenvalue weighted by Gasteiger charge is -2.30. The zero-order valence-electron chi connectivity index (χ0n) is 38.1. The Kier molecular flexibility index (Phi) is 17.3. The Hall–Kier alpha value is -7.36. The highest BCUT2D eigenvalue weighted by molar-refractivity contribution is 6.11. The van der Waals surface area contributed by atoms with E-state index in [9.17, 15) is 19.2 Å². The monoisotopic (exact) mass is 868 g/mol. The summed E-state index contributed by atoms with van der Waals surface area (Å²) in [6.07, 6.45) is 4.99. The second-order valence-corrected chi connectivity index (χ2v) is 15.3. The number of nitrogens with zero attached hydrogens (tertiary/aromatic N) is 8.